The maximum absolute atomic E-state index is 13.6. The molecule has 0 unspecified atom stereocenters. The van der Waals surface area contributed by atoms with Crippen LogP contribution in [0.5, 0.6) is 0 Å². The number of benzene rings is 1. The lowest BCUT2D eigenvalue weighted by Gasteiger charge is -2.11. The van der Waals surface area contributed by atoms with E-state index in [1.807, 2.05) is 6.92 Å². The van der Waals surface area contributed by atoms with E-state index < -0.39 is 15.8 Å². The first-order valence-electron chi connectivity index (χ1n) is 5.98. The van der Waals surface area contributed by atoms with Gasteiger partial charge in [-0.15, -0.1) is 0 Å². The summed E-state index contributed by atoms with van der Waals surface area (Å²) in [5.74, 6) is -0.732. The van der Waals surface area contributed by atoms with Crippen LogP contribution in [-0.4, -0.2) is 20.0 Å². The Bertz CT molecular complexity index is 559. The van der Waals surface area contributed by atoms with Crippen molar-refractivity contribution in [3.63, 3.8) is 0 Å². The Morgan fingerprint density at radius 2 is 2.11 bits per heavy atom. The zero-order valence-electron chi connectivity index (χ0n) is 10.6. The summed E-state index contributed by atoms with van der Waals surface area (Å²) in [5, 5.41) is 0. The van der Waals surface area contributed by atoms with E-state index in [0.717, 1.165) is 25.3 Å². The quantitative estimate of drug-likeness (QED) is 0.596. The largest absolute Gasteiger partial charge is 0.389 e. The SMILES string of the molecule is CCCCCNS(=O)(=O)c1cccc(F)c1C(N)=S. The van der Waals surface area contributed by atoms with Gasteiger partial charge in [-0.05, 0) is 18.6 Å². The minimum atomic E-state index is -3.80. The summed E-state index contributed by atoms with van der Waals surface area (Å²) in [6.45, 7) is 2.33. The standard InChI is InChI=1S/C12H17FN2O2S2/c1-2-3-4-8-15-19(16,17)10-7-5-6-9(13)11(10)12(14)18/h5-7,15H,2-4,8H2,1H3,(H2,14,18). The molecule has 1 aromatic carbocycles. The van der Waals surface area contributed by atoms with Crippen molar-refractivity contribution in [3.05, 3.63) is 29.6 Å². The normalized spacial score (nSPS) is 11.5. The first kappa shape index (κ1) is 16.0. The van der Waals surface area contributed by atoms with Crippen molar-refractivity contribution in [2.45, 2.75) is 31.1 Å². The van der Waals surface area contributed by atoms with Crippen molar-refractivity contribution >= 4 is 27.2 Å². The Hall–Kier alpha value is -1.05. The van der Waals surface area contributed by atoms with E-state index in [9.17, 15) is 12.8 Å². The van der Waals surface area contributed by atoms with Crippen molar-refractivity contribution in [1.29, 1.82) is 0 Å². The molecule has 0 atom stereocenters. The van der Waals surface area contributed by atoms with Gasteiger partial charge in [-0.3, -0.25) is 0 Å². The lowest BCUT2D eigenvalue weighted by atomic mass is 10.2. The molecule has 19 heavy (non-hydrogen) atoms. The minimum Gasteiger partial charge on any atom is -0.389 e. The fourth-order valence-electron chi connectivity index (χ4n) is 1.63. The summed E-state index contributed by atoms with van der Waals surface area (Å²) < 4.78 is 40.2. The van der Waals surface area contributed by atoms with E-state index >= 15 is 0 Å². The monoisotopic (exact) mass is 304 g/mol. The van der Waals surface area contributed by atoms with Gasteiger partial charge in [-0.2, -0.15) is 0 Å². The Labute approximate surface area is 118 Å². The van der Waals surface area contributed by atoms with E-state index in [1.54, 1.807) is 0 Å². The number of rotatable bonds is 7. The molecule has 0 saturated carbocycles. The number of nitrogens with one attached hydrogen (secondary N) is 1. The highest BCUT2D eigenvalue weighted by Gasteiger charge is 2.22. The highest BCUT2D eigenvalue weighted by molar-refractivity contribution is 7.89. The van der Waals surface area contributed by atoms with Crippen LogP contribution in [0, 0.1) is 5.82 Å². The zero-order chi connectivity index (χ0) is 14.5. The molecule has 0 spiro atoms. The Balaban J connectivity index is 3.01. The molecule has 3 N–H and O–H groups in total. The van der Waals surface area contributed by atoms with Crippen LogP contribution in [0.2, 0.25) is 0 Å². The summed E-state index contributed by atoms with van der Waals surface area (Å²) in [6.07, 6.45) is 2.64. The van der Waals surface area contributed by atoms with Gasteiger partial charge in [-0.1, -0.05) is 38.0 Å². The summed E-state index contributed by atoms with van der Waals surface area (Å²) in [5.41, 5.74) is 5.15. The summed E-state index contributed by atoms with van der Waals surface area (Å²) in [4.78, 5) is -0.483. The van der Waals surface area contributed by atoms with E-state index in [-0.39, 0.29) is 15.4 Å². The van der Waals surface area contributed by atoms with Gasteiger partial charge in [0.1, 0.15) is 10.8 Å². The molecule has 0 bridgehead atoms. The number of hydrogen-bond acceptors (Lipinski definition) is 3. The Morgan fingerprint density at radius 3 is 2.68 bits per heavy atom. The van der Waals surface area contributed by atoms with Crippen LogP contribution in [0.4, 0.5) is 4.39 Å². The number of hydrogen-bond donors (Lipinski definition) is 2. The van der Waals surface area contributed by atoms with Gasteiger partial charge >= 0.3 is 0 Å². The topological polar surface area (TPSA) is 72.2 Å². The number of sulfonamides is 1. The van der Waals surface area contributed by atoms with Crippen molar-refractivity contribution in [2.24, 2.45) is 5.73 Å². The highest BCUT2D eigenvalue weighted by atomic mass is 32.2. The molecule has 0 radical (unpaired) electrons. The molecule has 1 aromatic rings. The van der Waals surface area contributed by atoms with Crippen molar-refractivity contribution in [2.75, 3.05) is 6.54 Å². The van der Waals surface area contributed by atoms with Crippen molar-refractivity contribution in [3.8, 4) is 0 Å². The van der Waals surface area contributed by atoms with Crippen LogP contribution >= 0.6 is 12.2 Å². The molecule has 0 aromatic heterocycles. The molecule has 106 valence electrons. The predicted molar refractivity (Wildman–Crippen MR) is 77.0 cm³/mol. The van der Waals surface area contributed by atoms with Crippen molar-refractivity contribution in [1.82, 2.24) is 4.72 Å². The maximum atomic E-state index is 13.6. The number of thiocarbonyl (C=S) groups is 1. The van der Waals surface area contributed by atoms with E-state index in [4.69, 9.17) is 18.0 Å². The molecule has 4 nitrogen and oxygen atoms in total. The van der Waals surface area contributed by atoms with Crippen molar-refractivity contribution < 1.29 is 12.8 Å². The van der Waals surface area contributed by atoms with Gasteiger partial charge in [0.05, 0.1) is 10.5 Å². The predicted octanol–water partition coefficient (Wildman–Crippen LogP) is 1.93. The summed E-state index contributed by atoms with van der Waals surface area (Å²) in [7, 11) is -3.80. The molecule has 1 rings (SSSR count). The van der Waals surface area contributed by atoms with Gasteiger partial charge in [0.15, 0.2) is 0 Å². The Morgan fingerprint density at radius 1 is 1.42 bits per heavy atom. The lowest BCUT2D eigenvalue weighted by Crippen LogP contribution is -2.28. The lowest BCUT2D eigenvalue weighted by molar-refractivity contribution is 0.572. The number of unbranched alkanes of at least 4 members (excludes halogenated alkanes) is 2. The molecule has 0 amide bonds. The third-order valence-corrected chi connectivity index (χ3v) is 4.29. The first-order chi connectivity index (χ1) is 8.90. The molecular formula is C12H17FN2O2S2. The highest BCUT2D eigenvalue weighted by Crippen LogP contribution is 2.18. The summed E-state index contributed by atoms with van der Waals surface area (Å²) >= 11 is 4.71. The third kappa shape index (κ3) is 4.22. The molecule has 0 saturated heterocycles. The average Bonchev–Trinajstić information content (AvgIpc) is 2.34. The van der Waals surface area contributed by atoms with E-state index in [1.165, 1.54) is 12.1 Å². The van der Waals surface area contributed by atoms with Crippen LogP contribution in [0.15, 0.2) is 23.1 Å². The van der Waals surface area contributed by atoms with Crippen LogP contribution in [0.1, 0.15) is 31.7 Å². The first-order valence-corrected chi connectivity index (χ1v) is 7.87. The number of halogens is 1. The van der Waals surface area contributed by atoms with Gasteiger partial charge < -0.3 is 5.73 Å². The molecule has 0 heterocycles. The third-order valence-electron chi connectivity index (χ3n) is 2.58. The number of nitrogens with two attached hydrogens (primary N) is 1. The van der Waals surface area contributed by atoms with E-state index in [2.05, 4.69) is 4.72 Å². The van der Waals surface area contributed by atoms with Crippen LogP contribution < -0.4 is 10.5 Å². The van der Waals surface area contributed by atoms with Gasteiger partial charge in [-0.25, -0.2) is 17.5 Å². The van der Waals surface area contributed by atoms with Crippen LogP contribution in [0.3, 0.4) is 0 Å². The second-order valence-electron chi connectivity index (χ2n) is 4.08. The van der Waals surface area contributed by atoms with Crippen LogP contribution in [-0.2, 0) is 10.0 Å². The molecule has 0 aliphatic heterocycles. The molecule has 7 heteroatoms. The van der Waals surface area contributed by atoms with Gasteiger partial charge in [0, 0.05) is 6.54 Å². The molecule has 0 aliphatic rings. The fraction of sp³-hybridized carbons (Fsp3) is 0.417. The second-order valence-corrected chi connectivity index (χ2v) is 6.26. The average molecular weight is 304 g/mol. The molecule has 0 aliphatic carbocycles. The van der Waals surface area contributed by atoms with E-state index in [0.29, 0.717) is 6.54 Å². The van der Waals surface area contributed by atoms with Crippen LogP contribution in [0.25, 0.3) is 0 Å². The van der Waals surface area contributed by atoms with Gasteiger partial charge in [0.25, 0.3) is 0 Å². The molecular weight excluding hydrogens is 287 g/mol. The summed E-state index contributed by atoms with van der Waals surface area (Å²) in [6, 6.07) is 3.74. The minimum absolute atomic E-state index is 0.212. The second kappa shape index (κ2) is 6.93. The Kier molecular flexibility index (Phi) is 5.84. The maximum Gasteiger partial charge on any atom is 0.241 e. The molecule has 0 fully saturated rings. The van der Waals surface area contributed by atoms with Gasteiger partial charge in [0.2, 0.25) is 10.0 Å². The fourth-order valence-corrected chi connectivity index (χ4v) is 3.20. The smallest absolute Gasteiger partial charge is 0.241 e. The zero-order valence-corrected chi connectivity index (χ0v) is 12.3.